The summed E-state index contributed by atoms with van der Waals surface area (Å²) in [6.07, 6.45) is -4.00. The number of rotatable bonds is 7. The molecule has 0 unspecified atom stereocenters. The summed E-state index contributed by atoms with van der Waals surface area (Å²) >= 11 is 0. The molecule has 1 aliphatic heterocycles. The van der Waals surface area contributed by atoms with Gasteiger partial charge in [0.15, 0.2) is 0 Å². The molecule has 0 radical (unpaired) electrons. The molecule has 5 atom stereocenters. The lowest BCUT2D eigenvalue weighted by atomic mass is 9.80. The minimum absolute atomic E-state index is 0.287. The number of nitrogens with one attached hydrogen (secondary N) is 1. The van der Waals surface area contributed by atoms with Crippen molar-refractivity contribution in [2.45, 2.75) is 36.7 Å². The molecule has 11 heteroatoms. The first-order chi connectivity index (χ1) is 13.2. The number of hydrogen-bond donors (Lipinski definition) is 4. The highest BCUT2D eigenvalue weighted by molar-refractivity contribution is 5.74. The summed E-state index contributed by atoms with van der Waals surface area (Å²) in [7, 11) is 1.13. The van der Waals surface area contributed by atoms with E-state index in [2.05, 4.69) is 5.32 Å². The third-order valence-electron chi connectivity index (χ3n) is 4.32. The summed E-state index contributed by atoms with van der Waals surface area (Å²) in [4.78, 5) is 21.6. The molecular formula is C17H22N2O9. The Morgan fingerprint density at radius 3 is 2.57 bits per heavy atom. The number of aliphatic hydroxyl groups excluding tert-OH is 2. The van der Waals surface area contributed by atoms with Crippen LogP contribution < -0.4 is 10.1 Å². The van der Waals surface area contributed by atoms with Crippen LogP contribution in [0, 0.1) is 10.1 Å². The Morgan fingerprint density at radius 1 is 1.43 bits per heavy atom. The highest BCUT2D eigenvalue weighted by Crippen LogP contribution is 2.39. The van der Waals surface area contributed by atoms with Gasteiger partial charge in [-0.1, -0.05) is 18.2 Å². The standard InChI is InChI=1S/C17H22N2O9/c1-11(21)18-17(26-2)14(22)16(23,8-9-19(24)25)13(10-20)28-15(17)27-12-6-4-3-5-7-12/h3-9,13-15,20,22-23H,10H2,1-2H3,(H,18,21)/b9-8-/t13-,14+,15-,16-,17+/m1/s1. The first-order valence-electron chi connectivity index (χ1n) is 8.24. The maximum Gasteiger partial charge on any atom is 0.251 e. The van der Waals surface area contributed by atoms with Crippen molar-refractivity contribution >= 4 is 5.91 Å². The second-order valence-corrected chi connectivity index (χ2v) is 6.14. The molecule has 11 nitrogen and oxygen atoms in total. The predicted octanol–water partition coefficient (Wildman–Crippen LogP) is -0.856. The minimum atomic E-state index is -2.48. The molecule has 4 N–H and O–H groups in total. The van der Waals surface area contributed by atoms with Crippen LogP contribution >= 0.6 is 0 Å². The minimum Gasteiger partial charge on any atom is -0.460 e. The van der Waals surface area contributed by atoms with Crippen LogP contribution in [0.3, 0.4) is 0 Å². The van der Waals surface area contributed by atoms with Crippen LogP contribution in [-0.4, -0.2) is 69.7 Å². The van der Waals surface area contributed by atoms with Crippen molar-refractivity contribution in [2.24, 2.45) is 0 Å². The van der Waals surface area contributed by atoms with Crippen LogP contribution in [-0.2, 0) is 14.3 Å². The van der Waals surface area contributed by atoms with E-state index in [1.807, 2.05) is 0 Å². The number of ether oxygens (including phenoxy) is 3. The summed E-state index contributed by atoms with van der Waals surface area (Å²) in [6, 6.07) is 8.22. The largest absolute Gasteiger partial charge is 0.460 e. The van der Waals surface area contributed by atoms with Crippen molar-refractivity contribution < 1.29 is 39.2 Å². The van der Waals surface area contributed by atoms with E-state index in [1.165, 1.54) is 0 Å². The van der Waals surface area contributed by atoms with Gasteiger partial charge in [-0.25, -0.2) is 0 Å². The first-order valence-corrected chi connectivity index (χ1v) is 8.24. The van der Waals surface area contributed by atoms with E-state index in [1.54, 1.807) is 30.3 Å². The number of para-hydroxylation sites is 1. The fraction of sp³-hybridized carbons (Fsp3) is 0.471. The molecule has 1 aromatic carbocycles. The number of methoxy groups -OCH3 is 1. The lowest BCUT2D eigenvalue weighted by molar-refractivity contribution is -0.405. The number of hydrogen-bond acceptors (Lipinski definition) is 9. The molecule has 0 bridgehead atoms. The van der Waals surface area contributed by atoms with Crippen LogP contribution in [0.15, 0.2) is 42.6 Å². The van der Waals surface area contributed by atoms with Gasteiger partial charge in [0.2, 0.25) is 17.8 Å². The summed E-state index contributed by atoms with van der Waals surface area (Å²) in [6.45, 7) is 0.321. The van der Waals surface area contributed by atoms with Gasteiger partial charge in [0.05, 0.1) is 11.5 Å². The maximum atomic E-state index is 11.8. The molecule has 0 aliphatic carbocycles. The lowest BCUT2D eigenvalue weighted by Gasteiger charge is -2.53. The topological polar surface area (TPSA) is 161 Å². The molecular weight excluding hydrogens is 376 g/mol. The molecule has 28 heavy (non-hydrogen) atoms. The van der Waals surface area contributed by atoms with Gasteiger partial charge < -0.3 is 34.8 Å². The van der Waals surface area contributed by atoms with Gasteiger partial charge in [-0.05, 0) is 12.1 Å². The number of carbonyl (C=O) groups is 1. The molecule has 1 heterocycles. The number of benzene rings is 1. The van der Waals surface area contributed by atoms with E-state index in [4.69, 9.17) is 14.2 Å². The molecule has 0 aromatic heterocycles. The predicted molar refractivity (Wildman–Crippen MR) is 93.5 cm³/mol. The Kier molecular flexibility index (Phi) is 6.69. The van der Waals surface area contributed by atoms with Gasteiger partial charge >= 0.3 is 0 Å². The SMILES string of the molecule is CO[C@]1(NC(C)=O)[C@H](Oc2ccccc2)O[C@H](CO)[C@](O)(/C=C\[N+](=O)[O-])[C@@H]1O. The quantitative estimate of drug-likeness (QED) is 0.260. The van der Waals surface area contributed by atoms with Gasteiger partial charge in [-0.2, -0.15) is 0 Å². The third kappa shape index (κ3) is 4.13. The van der Waals surface area contributed by atoms with Crippen LogP contribution in [0.5, 0.6) is 5.75 Å². The first kappa shape index (κ1) is 21.7. The maximum absolute atomic E-state index is 11.8. The molecule has 2 rings (SSSR count). The monoisotopic (exact) mass is 398 g/mol. The van der Waals surface area contributed by atoms with Gasteiger partial charge in [0, 0.05) is 20.1 Å². The third-order valence-corrected chi connectivity index (χ3v) is 4.32. The van der Waals surface area contributed by atoms with Crippen LogP contribution in [0.25, 0.3) is 0 Å². The van der Waals surface area contributed by atoms with E-state index in [0.29, 0.717) is 12.3 Å². The van der Waals surface area contributed by atoms with Crippen molar-refractivity contribution in [3.8, 4) is 5.75 Å². The Hall–Kier alpha value is -2.57. The van der Waals surface area contributed by atoms with Gasteiger partial charge in [-0.3, -0.25) is 14.9 Å². The second kappa shape index (κ2) is 8.63. The van der Waals surface area contributed by atoms with Gasteiger partial charge in [-0.15, -0.1) is 0 Å². The average Bonchev–Trinajstić information content (AvgIpc) is 2.66. The number of amides is 1. The fourth-order valence-electron chi connectivity index (χ4n) is 2.98. The van der Waals surface area contributed by atoms with E-state index < -0.39 is 47.3 Å². The summed E-state index contributed by atoms with van der Waals surface area (Å²) in [5.41, 5.74) is -4.63. The summed E-state index contributed by atoms with van der Waals surface area (Å²) < 4.78 is 16.6. The van der Waals surface area contributed by atoms with Crippen LogP contribution in [0.4, 0.5) is 0 Å². The van der Waals surface area contributed by atoms with Crippen molar-refractivity contribution in [1.29, 1.82) is 0 Å². The zero-order valence-electron chi connectivity index (χ0n) is 15.2. The molecule has 1 aromatic rings. The zero-order valence-corrected chi connectivity index (χ0v) is 15.2. The van der Waals surface area contributed by atoms with Gasteiger partial charge in [0.25, 0.3) is 6.29 Å². The number of nitro groups is 1. The van der Waals surface area contributed by atoms with E-state index in [9.17, 15) is 30.2 Å². The number of nitrogens with zero attached hydrogens (tertiary/aromatic N) is 1. The number of aliphatic hydroxyl groups is 3. The van der Waals surface area contributed by atoms with E-state index in [-0.39, 0.29) is 5.75 Å². The highest BCUT2D eigenvalue weighted by Gasteiger charge is 2.65. The lowest BCUT2D eigenvalue weighted by Crippen LogP contribution is -2.79. The Bertz CT molecular complexity index is 729. The molecule has 1 amide bonds. The number of carbonyl (C=O) groups excluding carboxylic acids is 1. The van der Waals surface area contributed by atoms with Crippen molar-refractivity contribution in [3.05, 3.63) is 52.7 Å². The molecule has 0 saturated carbocycles. The average molecular weight is 398 g/mol. The van der Waals surface area contributed by atoms with Gasteiger partial charge in [0.1, 0.15) is 23.6 Å². The summed E-state index contributed by atoms with van der Waals surface area (Å²) in [5.74, 6) is -0.372. The fourth-order valence-corrected chi connectivity index (χ4v) is 2.98. The smallest absolute Gasteiger partial charge is 0.251 e. The zero-order chi connectivity index (χ0) is 20.9. The molecule has 0 spiro atoms. The normalized spacial score (nSPS) is 32.8. The molecule has 1 saturated heterocycles. The molecule has 1 aliphatic rings. The Balaban J connectivity index is 2.53. The second-order valence-electron chi connectivity index (χ2n) is 6.14. The highest BCUT2D eigenvalue weighted by atomic mass is 16.7. The van der Waals surface area contributed by atoms with Crippen LogP contribution in [0.2, 0.25) is 0 Å². The van der Waals surface area contributed by atoms with Crippen LogP contribution in [0.1, 0.15) is 6.92 Å². The van der Waals surface area contributed by atoms with Crippen molar-refractivity contribution in [1.82, 2.24) is 5.32 Å². The molecule has 154 valence electrons. The summed E-state index contributed by atoms with van der Waals surface area (Å²) in [5, 5.41) is 44.5. The van der Waals surface area contributed by atoms with E-state index >= 15 is 0 Å². The van der Waals surface area contributed by atoms with E-state index in [0.717, 1.165) is 14.0 Å². The molecule has 1 fully saturated rings. The van der Waals surface area contributed by atoms with Crippen molar-refractivity contribution in [2.75, 3.05) is 13.7 Å². The Morgan fingerprint density at radius 2 is 2.07 bits per heavy atom. The Labute approximate surface area is 160 Å². The van der Waals surface area contributed by atoms with Crippen molar-refractivity contribution in [3.63, 3.8) is 0 Å².